The maximum Gasteiger partial charge on any atom is 0.338 e. The predicted octanol–water partition coefficient (Wildman–Crippen LogP) is 4.12. The third kappa shape index (κ3) is 5.10. The Balaban J connectivity index is 1.58. The van der Waals surface area contributed by atoms with Gasteiger partial charge in [0.15, 0.2) is 11.7 Å². The van der Waals surface area contributed by atoms with E-state index in [0.717, 1.165) is 14.9 Å². The topological polar surface area (TPSA) is 111 Å². The van der Waals surface area contributed by atoms with Crippen LogP contribution in [0.4, 0.5) is 10.8 Å². The molecule has 2 aromatic carbocycles. The summed E-state index contributed by atoms with van der Waals surface area (Å²) in [5.74, 6) is -1.12. The number of ether oxygens (including phenoxy) is 1. The highest BCUT2D eigenvalue weighted by Crippen LogP contribution is 2.27. The number of rotatable bonds is 6. The van der Waals surface area contributed by atoms with Crippen molar-refractivity contribution < 1.29 is 19.2 Å². The smallest absolute Gasteiger partial charge is 0.338 e. The van der Waals surface area contributed by atoms with Crippen LogP contribution in [0.5, 0.6) is 0 Å². The number of amides is 1. The fourth-order valence-corrected chi connectivity index (χ4v) is 3.29. The maximum absolute atomic E-state index is 12.0. The number of nitrogens with one attached hydrogen (secondary N) is 1. The number of carbonyl (C=O) groups excluding carboxylic acids is 2. The summed E-state index contributed by atoms with van der Waals surface area (Å²) in [5, 5.41) is 15.4. The number of nitrogens with zero attached hydrogens (tertiary/aromatic N) is 2. The third-order valence-electron chi connectivity index (χ3n) is 3.52. The van der Waals surface area contributed by atoms with Crippen molar-refractivity contribution in [1.29, 1.82) is 0 Å². The zero-order valence-corrected chi connectivity index (χ0v) is 17.1. The molecule has 8 nitrogen and oxygen atoms in total. The van der Waals surface area contributed by atoms with Crippen molar-refractivity contribution in [3.63, 3.8) is 0 Å². The number of anilines is 1. The van der Waals surface area contributed by atoms with Crippen LogP contribution in [0.2, 0.25) is 0 Å². The zero-order valence-electron chi connectivity index (χ0n) is 14.1. The van der Waals surface area contributed by atoms with Crippen LogP contribution in [0.3, 0.4) is 0 Å². The van der Waals surface area contributed by atoms with Crippen molar-refractivity contribution in [3.05, 3.63) is 73.2 Å². The first-order valence-corrected chi connectivity index (χ1v) is 9.81. The largest absolute Gasteiger partial charge is 0.452 e. The van der Waals surface area contributed by atoms with E-state index in [1.54, 1.807) is 41.8 Å². The zero-order chi connectivity index (χ0) is 20.1. The minimum absolute atomic E-state index is 0.0430. The lowest BCUT2D eigenvalue weighted by Gasteiger charge is -2.04. The number of thiazole rings is 1. The molecule has 10 heteroatoms. The van der Waals surface area contributed by atoms with Crippen LogP contribution in [0, 0.1) is 13.7 Å². The van der Waals surface area contributed by atoms with Crippen LogP contribution < -0.4 is 5.32 Å². The van der Waals surface area contributed by atoms with Gasteiger partial charge in [0.1, 0.15) is 0 Å². The average molecular weight is 509 g/mol. The number of benzene rings is 2. The number of non-ortho nitro benzene ring substituents is 1. The van der Waals surface area contributed by atoms with Gasteiger partial charge in [-0.2, -0.15) is 0 Å². The molecule has 1 aromatic heterocycles. The summed E-state index contributed by atoms with van der Waals surface area (Å²) in [4.78, 5) is 38.5. The van der Waals surface area contributed by atoms with E-state index in [0.29, 0.717) is 22.0 Å². The van der Waals surface area contributed by atoms with Gasteiger partial charge in [-0.05, 0) is 46.9 Å². The number of hydrogen-bond acceptors (Lipinski definition) is 7. The van der Waals surface area contributed by atoms with Crippen molar-refractivity contribution in [2.24, 2.45) is 0 Å². The molecule has 28 heavy (non-hydrogen) atoms. The van der Waals surface area contributed by atoms with E-state index in [9.17, 15) is 19.7 Å². The van der Waals surface area contributed by atoms with Gasteiger partial charge in [-0.1, -0.05) is 12.1 Å². The summed E-state index contributed by atoms with van der Waals surface area (Å²) in [6, 6.07) is 12.8. The summed E-state index contributed by atoms with van der Waals surface area (Å²) in [7, 11) is 0. The molecule has 0 aliphatic rings. The van der Waals surface area contributed by atoms with Crippen molar-refractivity contribution in [2.75, 3.05) is 11.9 Å². The molecule has 1 N–H and O–H groups in total. The molecule has 0 fully saturated rings. The van der Waals surface area contributed by atoms with Gasteiger partial charge in [0, 0.05) is 26.6 Å². The van der Waals surface area contributed by atoms with Gasteiger partial charge in [-0.3, -0.25) is 20.2 Å². The molecular weight excluding hydrogens is 497 g/mol. The monoisotopic (exact) mass is 509 g/mol. The number of aromatic nitrogens is 1. The van der Waals surface area contributed by atoms with Crippen molar-refractivity contribution in [1.82, 2.24) is 4.98 Å². The number of nitro benzene ring substituents is 1. The molecule has 0 atom stereocenters. The summed E-state index contributed by atoms with van der Waals surface area (Å²) in [6.07, 6.45) is 0. The van der Waals surface area contributed by atoms with E-state index >= 15 is 0 Å². The number of halogens is 1. The lowest BCUT2D eigenvalue weighted by molar-refractivity contribution is -0.384. The van der Waals surface area contributed by atoms with Gasteiger partial charge in [0.25, 0.3) is 11.6 Å². The summed E-state index contributed by atoms with van der Waals surface area (Å²) < 4.78 is 5.97. The molecule has 0 radical (unpaired) electrons. The van der Waals surface area contributed by atoms with E-state index in [-0.39, 0.29) is 5.69 Å². The van der Waals surface area contributed by atoms with Crippen molar-refractivity contribution in [3.8, 4) is 11.3 Å². The van der Waals surface area contributed by atoms with Crippen molar-refractivity contribution >= 4 is 56.6 Å². The summed E-state index contributed by atoms with van der Waals surface area (Å²) in [6.45, 7) is -0.448. The number of hydrogen-bond donors (Lipinski definition) is 1. The Bertz CT molecular complexity index is 1040. The highest BCUT2D eigenvalue weighted by Gasteiger charge is 2.13. The molecule has 142 valence electrons. The van der Waals surface area contributed by atoms with Gasteiger partial charge in [-0.15, -0.1) is 11.3 Å². The van der Waals surface area contributed by atoms with Crippen LogP contribution in [0.15, 0.2) is 53.9 Å². The predicted molar refractivity (Wildman–Crippen MR) is 112 cm³/mol. The first-order chi connectivity index (χ1) is 13.4. The van der Waals surface area contributed by atoms with Gasteiger partial charge < -0.3 is 4.74 Å². The molecule has 3 rings (SSSR count). The van der Waals surface area contributed by atoms with Crippen LogP contribution in [0.25, 0.3) is 11.3 Å². The molecule has 1 amide bonds. The molecule has 0 aliphatic carbocycles. The Morgan fingerprint density at radius 1 is 1.21 bits per heavy atom. The average Bonchev–Trinajstić information content (AvgIpc) is 3.15. The molecule has 3 aromatic rings. The second kappa shape index (κ2) is 8.89. The van der Waals surface area contributed by atoms with E-state index in [2.05, 4.69) is 32.9 Å². The van der Waals surface area contributed by atoms with Gasteiger partial charge in [0.2, 0.25) is 0 Å². The fraction of sp³-hybridized carbons (Fsp3) is 0.0556. The highest BCUT2D eigenvalue weighted by molar-refractivity contribution is 14.1. The second-order valence-electron chi connectivity index (χ2n) is 5.48. The third-order valence-corrected chi connectivity index (χ3v) is 4.99. The summed E-state index contributed by atoms with van der Waals surface area (Å²) in [5.41, 5.74) is 1.38. The SMILES string of the molecule is O=C(COC(=O)c1ccc(I)cc1)Nc1nc(-c2cccc([N+](=O)[O-])c2)cs1. The Hall–Kier alpha value is -2.86. The Morgan fingerprint density at radius 2 is 1.96 bits per heavy atom. The van der Waals surface area contributed by atoms with Gasteiger partial charge >= 0.3 is 5.97 Å². The molecule has 0 aliphatic heterocycles. The second-order valence-corrected chi connectivity index (χ2v) is 7.58. The summed E-state index contributed by atoms with van der Waals surface area (Å²) >= 11 is 3.28. The van der Waals surface area contributed by atoms with Crippen LogP contribution in [-0.2, 0) is 9.53 Å². The minimum atomic E-state index is -0.594. The number of carbonyl (C=O) groups is 2. The van der Waals surface area contributed by atoms with Crippen molar-refractivity contribution in [2.45, 2.75) is 0 Å². The Morgan fingerprint density at radius 3 is 2.68 bits per heavy atom. The Kier molecular flexibility index (Phi) is 6.31. The number of esters is 1. The minimum Gasteiger partial charge on any atom is -0.452 e. The fourth-order valence-electron chi connectivity index (χ4n) is 2.20. The quantitative estimate of drug-likeness (QED) is 0.232. The lowest BCUT2D eigenvalue weighted by Crippen LogP contribution is -2.20. The first-order valence-electron chi connectivity index (χ1n) is 7.85. The molecule has 1 heterocycles. The molecule has 0 saturated heterocycles. The standard InChI is InChI=1S/C18H12IN3O5S/c19-13-6-4-11(5-7-13)17(24)27-9-16(23)21-18-20-15(10-28-18)12-2-1-3-14(8-12)22(25)26/h1-8,10H,9H2,(H,20,21,23). The van der Waals surface area contributed by atoms with Gasteiger partial charge in [0.05, 0.1) is 16.2 Å². The molecule has 0 spiro atoms. The van der Waals surface area contributed by atoms with Crippen LogP contribution in [-0.4, -0.2) is 28.4 Å². The molecular formula is C18H12IN3O5S. The van der Waals surface area contributed by atoms with E-state index < -0.39 is 23.4 Å². The van der Waals surface area contributed by atoms with Crippen LogP contribution in [0.1, 0.15) is 10.4 Å². The molecule has 0 unspecified atom stereocenters. The van der Waals surface area contributed by atoms with Crippen LogP contribution >= 0.6 is 33.9 Å². The normalized spacial score (nSPS) is 10.3. The maximum atomic E-state index is 12.0. The number of nitro groups is 1. The van der Waals surface area contributed by atoms with E-state index in [4.69, 9.17) is 4.74 Å². The highest BCUT2D eigenvalue weighted by atomic mass is 127. The lowest BCUT2D eigenvalue weighted by atomic mass is 10.1. The molecule has 0 saturated carbocycles. The Labute approximate surface area is 176 Å². The first kappa shape index (κ1) is 19.9. The van der Waals surface area contributed by atoms with E-state index in [1.165, 1.54) is 12.1 Å². The van der Waals surface area contributed by atoms with Gasteiger partial charge in [-0.25, -0.2) is 9.78 Å². The molecule has 0 bridgehead atoms. The van der Waals surface area contributed by atoms with E-state index in [1.807, 2.05) is 0 Å².